The number of ether oxygens (including phenoxy) is 7. The minimum atomic E-state index is -1.32. The number of carbonyl (C=O) groups is 2. The van der Waals surface area contributed by atoms with Gasteiger partial charge in [0.2, 0.25) is 0 Å². The third kappa shape index (κ3) is 13.6. The molecule has 64 heavy (non-hydrogen) atoms. The van der Waals surface area contributed by atoms with Crippen molar-refractivity contribution >= 4 is 12.2 Å². The van der Waals surface area contributed by atoms with Crippen LogP contribution in [0.3, 0.4) is 0 Å². The lowest BCUT2D eigenvalue weighted by molar-refractivity contribution is -0.283. The topological polar surface area (TPSA) is 134 Å². The molecule has 6 aromatic rings. The first-order valence-electron chi connectivity index (χ1n) is 21.4. The van der Waals surface area contributed by atoms with Crippen molar-refractivity contribution in [3.8, 4) is 0 Å². The summed E-state index contributed by atoms with van der Waals surface area (Å²) in [6.07, 6.45) is -6.62. The molecular weight excluding hydrogens is 813 g/mol. The van der Waals surface area contributed by atoms with E-state index in [9.17, 15) is 14.7 Å². The molecule has 2 amide bonds. The summed E-state index contributed by atoms with van der Waals surface area (Å²) in [5.41, 5.74) is 7.67. The van der Waals surface area contributed by atoms with Crippen LogP contribution in [0.5, 0.6) is 0 Å². The lowest BCUT2D eigenvalue weighted by Gasteiger charge is -2.49. The summed E-state index contributed by atoms with van der Waals surface area (Å²) < 4.78 is 45.3. The smallest absolute Gasteiger partial charge is 0.429 e. The Kier molecular flexibility index (Phi) is 17.4. The molecule has 0 bridgehead atoms. The minimum absolute atomic E-state index is 0.0323. The van der Waals surface area contributed by atoms with E-state index in [0.717, 1.165) is 32.8 Å². The molecule has 0 radical (unpaired) electrons. The third-order valence-electron chi connectivity index (χ3n) is 10.6. The summed E-state index contributed by atoms with van der Waals surface area (Å²) in [7, 11) is 0. The number of aliphatic hydroxyl groups excluding tert-OH is 1. The Morgan fingerprint density at radius 2 is 0.875 bits per heavy atom. The highest BCUT2D eigenvalue weighted by Crippen LogP contribution is 2.34. The summed E-state index contributed by atoms with van der Waals surface area (Å²) in [5, 5.41) is 12.4. The summed E-state index contributed by atoms with van der Waals surface area (Å²) in [5.74, 6) is 0. The molecule has 0 spiro atoms. The van der Waals surface area contributed by atoms with Crippen LogP contribution >= 0.6 is 0 Å². The lowest BCUT2D eigenvalue weighted by Crippen LogP contribution is -2.68. The van der Waals surface area contributed by atoms with E-state index in [1.165, 1.54) is 0 Å². The van der Waals surface area contributed by atoms with Crippen molar-refractivity contribution in [3.63, 3.8) is 0 Å². The molecule has 2 N–H and O–H groups in total. The molecule has 6 aromatic carbocycles. The summed E-state index contributed by atoms with van der Waals surface area (Å²) in [6.45, 7) is -0.106. The predicted molar refractivity (Wildman–Crippen MR) is 239 cm³/mol. The SMILES string of the molecule is O=C(NN(C(=O)OCc1ccccc1)[C@@H](CO)[C@@H]1OC(COCc2ccccc2)[C@@H](OCc2ccccc2)C(OCc2ccccc2)C1OCc1ccccc1)OCc1ccccc1. The van der Waals surface area contributed by atoms with Gasteiger partial charge in [0, 0.05) is 0 Å². The number of benzene rings is 6. The fraction of sp³-hybridized carbons (Fsp3) is 0.269. The number of nitrogens with one attached hydrogen (secondary N) is 1. The monoisotopic (exact) mass is 866 g/mol. The average molecular weight is 867 g/mol. The summed E-state index contributed by atoms with van der Waals surface area (Å²) in [6, 6.07) is 55.8. The Morgan fingerprint density at radius 1 is 0.500 bits per heavy atom. The Hall–Kier alpha value is -6.38. The zero-order valence-corrected chi connectivity index (χ0v) is 35.5. The number of hydrazine groups is 1. The van der Waals surface area contributed by atoms with Crippen molar-refractivity contribution in [1.29, 1.82) is 0 Å². The minimum Gasteiger partial charge on any atom is -0.443 e. The molecule has 12 heteroatoms. The van der Waals surface area contributed by atoms with Gasteiger partial charge in [0.1, 0.15) is 49.8 Å². The molecular formula is C52H54N2O10. The molecule has 7 rings (SSSR count). The van der Waals surface area contributed by atoms with Crippen LogP contribution in [0, 0.1) is 0 Å². The van der Waals surface area contributed by atoms with Gasteiger partial charge < -0.3 is 38.3 Å². The predicted octanol–water partition coefficient (Wildman–Crippen LogP) is 8.57. The van der Waals surface area contributed by atoms with Gasteiger partial charge in [-0.1, -0.05) is 182 Å². The zero-order chi connectivity index (χ0) is 44.2. The first kappa shape index (κ1) is 45.6. The Balaban J connectivity index is 1.26. The molecule has 1 heterocycles. The number of nitrogens with zero attached hydrogens (tertiary/aromatic N) is 1. The van der Waals surface area contributed by atoms with Crippen LogP contribution in [-0.4, -0.2) is 72.1 Å². The van der Waals surface area contributed by atoms with Gasteiger partial charge in [0.25, 0.3) is 0 Å². The van der Waals surface area contributed by atoms with Crippen LogP contribution in [0.4, 0.5) is 9.59 Å². The average Bonchev–Trinajstić information content (AvgIpc) is 3.35. The van der Waals surface area contributed by atoms with Gasteiger partial charge in [0.15, 0.2) is 0 Å². The van der Waals surface area contributed by atoms with E-state index >= 15 is 0 Å². The Labute approximate surface area is 374 Å². The van der Waals surface area contributed by atoms with Gasteiger partial charge >= 0.3 is 12.2 Å². The highest BCUT2D eigenvalue weighted by molar-refractivity contribution is 5.74. The van der Waals surface area contributed by atoms with Gasteiger partial charge in [-0.2, -0.15) is 0 Å². The molecule has 0 saturated carbocycles. The van der Waals surface area contributed by atoms with Crippen LogP contribution in [0.15, 0.2) is 182 Å². The van der Waals surface area contributed by atoms with Crippen LogP contribution in [-0.2, 0) is 72.8 Å². The maximum absolute atomic E-state index is 14.3. The molecule has 0 aromatic heterocycles. The molecule has 1 saturated heterocycles. The van der Waals surface area contributed by atoms with Crippen LogP contribution in [0.1, 0.15) is 33.4 Å². The molecule has 1 aliphatic rings. The van der Waals surface area contributed by atoms with Gasteiger partial charge in [-0.05, 0) is 33.4 Å². The second-order valence-corrected chi connectivity index (χ2v) is 15.3. The second-order valence-electron chi connectivity index (χ2n) is 15.3. The molecule has 1 fully saturated rings. The molecule has 0 aliphatic carbocycles. The normalized spacial score (nSPS) is 18.7. The molecule has 1 aliphatic heterocycles. The van der Waals surface area contributed by atoms with Crippen LogP contribution in [0.2, 0.25) is 0 Å². The van der Waals surface area contributed by atoms with E-state index in [4.69, 9.17) is 33.2 Å². The number of carbonyl (C=O) groups excluding carboxylic acids is 2. The van der Waals surface area contributed by atoms with Crippen molar-refractivity contribution in [2.75, 3.05) is 13.2 Å². The van der Waals surface area contributed by atoms with E-state index in [2.05, 4.69) is 5.43 Å². The van der Waals surface area contributed by atoms with Crippen molar-refractivity contribution in [1.82, 2.24) is 10.4 Å². The van der Waals surface area contributed by atoms with Gasteiger partial charge in [0.05, 0.1) is 39.6 Å². The fourth-order valence-corrected chi connectivity index (χ4v) is 7.37. The molecule has 6 atom stereocenters. The molecule has 3 unspecified atom stereocenters. The maximum atomic E-state index is 14.3. The highest BCUT2D eigenvalue weighted by Gasteiger charge is 2.53. The number of amides is 2. The van der Waals surface area contributed by atoms with Crippen LogP contribution in [0.25, 0.3) is 0 Å². The number of rotatable bonds is 20. The van der Waals surface area contributed by atoms with Gasteiger partial charge in [-0.25, -0.2) is 20.0 Å². The molecule has 12 nitrogen and oxygen atoms in total. The fourth-order valence-electron chi connectivity index (χ4n) is 7.37. The van der Waals surface area contributed by atoms with E-state index in [0.29, 0.717) is 5.56 Å². The first-order chi connectivity index (χ1) is 31.5. The highest BCUT2D eigenvalue weighted by atomic mass is 16.6. The Morgan fingerprint density at radius 3 is 1.31 bits per heavy atom. The van der Waals surface area contributed by atoms with Gasteiger partial charge in [-0.15, -0.1) is 0 Å². The lowest BCUT2D eigenvalue weighted by atomic mass is 9.90. The van der Waals surface area contributed by atoms with E-state index in [1.54, 1.807) is 0 Å². The quantitative estimate of drug-likeness (QED) is 0.0720. The maximum Gasteiger partial charge on any atom is 0.429 e. The van der Waals surface area contributed by atoms with Crippen molar-refractivity contribution in [2.24, 2.45) is 0 Å². The number of hydrogen-bond donors (Lipinski definition) is 2. The number of hydrogen-bond acceptors (Lipinski definition) is 10. The zero-order valence-electron chi connectivity index (χ0n) is 35.5. The Bertz CT molecular complexity index is 2240. The van der Waals surface area contributed by atoms with Gasteiger partial charge in [-0.3, -0.25) is 0 Å². The van der Waals surface area contributed by atoms with Crippen molar-refractivity contribution in [2.45, 2.75) is 76.2 Å². The van der Waals surface area contributed by atoms with E-state index in [1.807, 2.05) is 182 Å². The van der Waals surface area contributed by atoms with Crippen molar-refractivity contribution < 1.29 is 47.9 Å². The van der Waals surface area contributed by atoms with Crippen LogP contribution < -0.4 is 5.43 Å². The molecule has 332 valence electrons. The second kappa shape index (κ2) is 24.5. The van der Waals surface area contributed by atoms with E-state index < -0.39 is 55.4 Å². The summed E-state index contributed by atoms with van der Waals surface area (Å²) in [4.78, 5) is 28.0. The van der Waals surface area contributed by atoms with E-state index in [-0.39, 0.29) is 46.2 Å². The first-order valence-corrected chi connectivity index (χ1v) is 21.4. The largest absolute Gasteiger partial charge is 0.443 e. The standard InChI is InChI=1S/C52H54N2O10/c55-31-45(54(52(57)63-37-44-29-17-6-18-30-44)53-51(56)62-36-43-27-15-5-16-28-43)47-49(60-34-41-23-11-3-12-24-41)50(61-35-42-25-13-4-14-26-42)48(59-33-40-21-9-2-10-22-40)46(64-47)38-58-32-39-19-7-1-8-20-39/h1-30,45-50,55H,31-38H2,(H,53,56)/t45-,46?,47-,48+,49?,50?/m0/s1. The number of aliphatic hydroxyl groups is 1. The van der Waals surface area contributed by atoms with Crippen molar-refractivity contribution in [3.05, 3.63) is 215 Å². The third-order valence-corrected chi connectivity index (χ3v) is 10.6. The summed E-state index contributed by atoms with van der Waals surface area (Å²) >= 11 is 0.